The SMILES string of the molecule is FC(F)(F)Oc1ccc(-n2cnc(-c3ccc(/C=N\NC(=S)Nc4ccccc4C4CCCC4)cc3)n2)cc1. The predicted octanol–water partition coefficient (Wildman–Crippen LogP) is 6.81. The number of nitrogens with zero attached hydrogens (tertiary/aromatic N) is 4. The van der Waals surface area contributed by atoms with Crippen LogP contribution in [0.25, 0.3) is 17.1 Å². The summed E-state index contributed by atoms with van der Waals surface area (Å²) in [5.74, 6) is 0.736. The Hall–Kier alpha value is -4.25. The Morgan fingerprint density at radius 2 is 1.72 bits per heavy atom. The molecule has 0 bridgehead atoms. The van der Waals surface area contributed by atoms with Gasteiger partial charge in [-0.3, -0.25) is 5.43 Å². The van der Waals surface area contributed by atoms with E-state index in [1.807, 2.05) is 36.4 Å². The highest BCUT2D eigenvalue weighted by Crippen LogP contribution is 2.37. The van der Waals surface area contributed by atoms with Crippen molar-refractivity contribution in [3.63, 3.8) is 0 Å². The first-order valence-corrected chi connectivity index (χ1v) is 12.8. The van der Waals surface area contributed by atoms with E-state index < -0.39 is 6.36 Å². The summed E-state index contributed by atoms with van der Waals surface area (Å²) in [6, 6.07) is 21.1. The number of nitrogens with one attached hydrogen (secondary N) is 2. The van der Waals surface area contributed by atoms with Gasteiger partial charge in [0.25, 0.3) is 0 Å². The molecule has 4 aromatic rings. The van der Waals surface area contributed by atoms with Crippen LogP contribution in [0.1, 0.15) is 42.7 Å². The molecule has 1 heterocycles. The number of halogens is 3. The van der Waals surface area contributed by atoms with Crippen LogP contribution < -0.4 is 15.5 Å². The second-order valence-electron chi connectivity index (χ2n) is 9.07. The summed E-state index contributed by atoms with van der Waals surface area (Å²) in [7, 11) is 0. The second kappa shape index (κ2) is 11.6. The van der Waals surface area contributed by atoms with E-state index in [1.165, 1.54) is 66.5 Å². The lowest BCUT2D eigenvalue weighted by atomic mass is 9.96. The van der Waals surface area contributed by atoms with Crippen LogP contribution in [0.2, 0.25) is 0 Å². The molecule has 200 valence electrons. The zero-order valence-electron chi connectivity index (χ0n) is 20.7. The smallest absolute Gasteiger partial charge is 0.406 e. The van der Waals surface area contributed by atoms with Gasteiger partial charge in [-0.15, -0.1) is 18.3 Å². The van der Waals surface area contributed by atoms with E-state index in [-0.39, 0.29) is 5.75 Å². The molecule has 1 aliphatic carbocycles. The lowest BCUT2D eigenvalue weighted by Gasteiger charge is -2.16. The van der Waals surface area contributed by atoms with E-state index >= 15 is 0 Å². The average molecular weight is 551 g/mol. The van der Waals surface area contributed by atoms with Gasteiger partial charge in [0.2, 0.25) is 0 Å². The van der Waals surface area contributed by atoms with Crippen LogP contribution in [-0.4, -0.2) is 32.5 Å². The number of alkyl halides is 3. The number of thiocarbonyl (C=S) groups is 1. The van der Waals surface area contributed by atoms with E-state index in [9.17, 15) is 13.2 Å². The van der Waals surface area contributed by atoms with E-state index in [2.05, 4.69) is 42.8 Å². The molecule has 3 aromatic carbocycles. The first-order valence-electron chi connectivity index (χ1n) is 12.4. The van der Waals surface area contributed by atoms with Gasteiger partial charge in [0.1, 0.15) is 12.1 Å². The molecule has 1 aliphatic rings. The van der Waals surface area contributed by atoms with Crippen molar-refractivity contribution in [2.75, 3.05) is 5.32 Å². The Labute approximate surface area is 228 Å². The predicted molar refractivity (Wildman–Crippen MR) is 148 cm³/mol. The van der Waals surface area contributed by atoms with Crippen LogP contribution in [0.4, 0.5) is 18.9 Å². The molecule has 5 rings (SSSR count). The molecule has 0 atom stereocenters. The van der Waals surface area contributed by atoms with Gasteiger partial charge in [-0.05, 0) is 72.4 Å². The zero-order chi connectivity index (χ0) is 27.2. The molecule has 0 aliphatic heterocycles. The van der Waals surface area contributed by atoms with Crippen LogP contribution >= 0.6 is 12.2 Å². The topological polar surface area (TPSA) is 76.4 Å². The van der Waals surface area contributed by atoms with Gasteiger partial charge in [-0.1, -0.05) is 55.3 Å². The molecule has 0 saturated heterocycles. The first-order chi connectivity index (χ1) is 18.8. The molecule has 39 heavy (non-hydrogen) atoms. The Morgan fingerprint density at radius 3 is 2.44 bits per heavy atom. The number of aromatic nitrogens is 3. The lowest BCUT2D eigenvalue weighted by Crippen LogP contribution is -2.24. The molecule has 7 nitrogen and oxygen atoms in total. The third kappa shape index (κ3) is 6.99. The second-order valence-corrected chi connectivity index (χ2v) is 9.48. The van der Waals surface area contributed by atoms with E-state index in [0.29, 0.717) is 22.5 Å². The van der Waals surface area contributed by atoms with Crippen molar-refractivity contribution in [3.8, 4) is 22.8 Å². The van der Waals surface area contributed by atoms with E-state index in [1.54, 1.807) is 6.21 Å². The monoisotopic (exact) mass is 550 g/mol. The molecule has 0 radical (unpaired) electrons. The number of hydrazone groups is 1. The molecule has 1 aromatic heterocycles. The van der Waals surface area contributed by atoms with Crippen LogP contribution in [0, 0.1) is 0 Å². The average Bonchev–Trinajstić information content (AvgIpc) is 3.62. The van der Waals surface area contributed by atoms with Crippen molar-refractivity contribution < 1.29 is 17.9 Å². The van der Waals surface area contributed by atoms with Gasteiger partial charge in [0.15, 0.2) is 10.9 Å². The van der Waals surface area contributed by atoms with E-state index in [0.717, 1.165) is 16.8 Å². The van der Waals surface area contributed by atoms with Gasteiger partial charge in [-0.2, -0.15) is 5.10 Å². The summed E-state index contributed by atoms with van der Waals surface area (Å²) in [5.41, 5.74) is 7.35. The molecule has 0 spiro atoms. The van der Waals surface area contributed by atoms with Crippen LogP contribution in [0.5, 0.6) is 5.75 Å². The van der Waals surface area contributed by atoms with Crippen molar-refractivity contribution in [3.05, 3.63) is 90.3 Å². The molecule has 2 N–H and O–H groups in total. The molecule has 1 saturated carbocycles. The minimum atomic E-state index is -4.74. The standard InChI is InChI=1S/C28H25F3N6OS/c29-28(30,31)38-23-15-13-22(14-16-23)37-18-32-26(36-37)21-11-9-19(10-12-21)17-33-35-27(39)34-25-8-4-3-7-24(25)20-5-1-2-6-20/h3-4,7-18,20H,1-2,5-6H2,(H2,34,35,39)/b33-17-. The number of hydrogen-bond donors (Lipinski definition) is 2. The summed E-state index contributed by atoms with van der Waals surface area (Å²) in [4.78, 5) is 4.30. The maximum absolute atomic E-state index is 12.4. The van der Waals surface area contributed by atoms with Crippen molar-refractivity contribution >= 4 is 29.2 Å². The van der Waals surface area contributed by atoms with Gasteiger partial charge in [0.05, 0.1) is 11.9 Å². The highest BCUT2D eigenvalue weighted by atomic mass is 32.1. The van der Waals surface area contributed by atoms with E-state index in [4.69, 9.17) is 12.2 Å². The van der Waals surface area contributed by atoms with Gasteiger partial charge in [0, 0.05) is 11.3 Å². The Balaban J connectivity index is 1.17. The molecular formula is C28H25F3N6OS. The van der Waals surface area contributed by atoms with Gasteiger partial charge < -0.3 is 10.1 Å². The number of hydrogen-bond acceptors (Lipinski definition) is 5. The minimum Gasteiger partial charge on any atom is -0.406 e. The third-order valence-corrected chi connectivity index (χ3v) is 6.57. The highest BCUT2D eigenvalue weighted by Gasteiger charge is 2.31. The van der Waals surface area contributed by atoms with Crippen LogP contribution in [0.3, 0.4) is 0 Å². The maximum atomic E-state index is 12.4. The zero-order valence-corrected chi connectivity index (χ0v) is 21.5. The number of ether oxygens (including phenoxy) is 1. The maximum Gasteiger partial charge on any atom is 0.573 e. The first kappa shape index (κ1) is 26.4. The van der Waals surface area contributed by atoms with Gasteiger partial charge >= 0.3 is 6.36 Å². The molecule has 11 heteroatoms. The lowest BCUT2D eigenvalue weighted by molar-refractivity contribution is -0.274. The Bertz CT molecular complexity index is 1450. The summed E-state index contributed by atoms with van der Waals surface area (Å²) >= 11 is 5.43. The van der Waals surface area contributed by atoms with Crippen molar-refractivity contribution in [2.24, 2.45) is 5.10 Å². The summed E-state index contributed by atoms with van der Waals surface area (Å²) in [6.45, 7) is 0. The van der Waals surface area contributed by atoms with Gasteiger partial charge in [-0.25, -0.2) is 9.67 Å². The number of para-hydroxylation sites is 1. The number of rotatable bonds is 7. The fourth-order valence-corrected chi connectivity index (χ4v) is 4.72. The Kier molecular flexibility index (Phi) is 7.87. The van der Waals surface area contributed by atoms with Crippen molar-refractivity contribution in [1.82, 2.24) is 20.2 Å². The summed E-state index contributed by atoms with van der Waals surface area (Å²) < 4.78 is 42.5. The molecule has 0 unspecified atom stereocenters. The highest BCUT2D eigenvalue weighted by molar-refractivity contribution is 7.80. The fraction of sp³-hybridized carbons (Fsp3) is 0.214. The molecule has 1 fully saturated rings. The summed E-state index contributed by atoms with van der Waals surface area (Å²) in [5, 5.41) is 12.3. The van der Waals surface area contributed by atoms with Crippen LogP contribution in [0.15, 0.2) is 84.2 Å². The third-order valence-electron chi connectivity index (χ3n) is 6.38. The normalized spacial score (nSPS) is 14.0. The van der Waals surface area contributed by atoms with Crippen molar-refractivity contribution in [1.29, 1.82) is 0 Å². The van der Waals surface area contributed by atoms with Crippen LogP contribution in [-0.2, 0) is 0 Å². The number of anilines is 1. The summed E-state index contributed by atoms with van der Waals surface area (Å²) in [6.07, 6.45) is 3.36. The molecule has 0 amide bonds. The Morgan fingerprint density at radius 1 is 1.00 bits per heavy atom. The fourth-order valence-electron chi connectivity index (χ4n) is 4.56. The number of benzene rings is 3. The quantitative estimate of drug-likeness (QED) is 0.150. The van der Waals surface area contributed by atoms with Crippen molar-refractivity contribution in [2.45, 2.75) is 38.0 Å². The molecular weight excluding hydrogens is 525 g/mol. The largest absolute Gasteiger partial charge is 0.573 e. The minimum absolute atomic E-state index is 0.302.